The van der Waals surface area contributed by atoms with E-state index < -0.39 is 5.97 Å². The maximum atomic E-state index is 11.4. The van der Waals surface area contributed by atoms with Gasteiger partial charge in [-0.1, -0.05) is 24.3 Å². The van der Waals surface area contributed by atoms with Crippen LogP contribution in [0.15, 0.2) is 42.5 Å². The molecule has 18 heavy (non-hydrogen) atoms. The number of carboxylic acid groups (broad SMARTS) is 1. The highest BCUT2D eigenvalue weighted by Crippen LogP contribution is 2.31. The molecule has 2 aromatic carbocycles. The highest BCUT2D eigenvalue weighted by atomic mass is 16.4. The van der Waals surface area contributed by atoms with Crippen LogP contribution in [-0.2, 0) is 0 Å². The SMILES string of the molecule is O=C(O)c1c2ccccc2nc2cccc(O)c12. The molecule has 2 N–H and O–H groups in total. The summed E-state index contributed by atoms with van der Waals surface area (Å²) in [7, 11) is 0. The molecule has 1 aromatic heterocycles. The van der Waals surface area contributed by atoms with E-state index in [9.17, 15) is 15.0 Å². The normalized spacial score (nSPS) is 10.9. The van der Waals surface area contributed by atoms with Crippen molar-refractivity contribution in [3.8, 4) is 5.75 Å². The lowest BCUT2D eigenvalue weighted by molar-refractivity contribution is 0.0701. The van der Waals surface area contributed by atoms with Crippen molar-refractivity contribution in [1.29, 1.82) is 0 Å². The number of nitrogens with zero attached hydrogens (tertiary/aromatic N) is 1. The zero-order chi connectivity index (χ0) is 12.7. The Hall–Kier alpha value is -2.62. The average Bonchev–Trinajstić information content (AvgIpc) is 2.36. The maximum Gasteiger partial charge on any atom is 0.337 e. The quantitative estimate of drug-likeness (QED) is 0.640. The number of rotatable bonds is 1. The predicted octanol–water partition coefficient (Wildman–Crippen LogP) is 2.79. The molecule has 0 fully saturated rings. The van der Waals surface area contributed by atoms with Crippen LogP contribution in [0.5, 0.6) is 5.75 Å². The molecule has 0 amide bonds. The van der Waals surface area contributed by atoms with Crippen molar-refractivity contribution < 1.29 is 15.0 Å². The van der Waals surface area contributed by atoms with Gasteiger partial charge in [0.2, 0.25) is 0 Å². The Labute approximate surface area is 102 Å². The number of carboxylic acids is 1. The smallest absolute Gasteiger partial charge is 0.337 e. The summed E-state index contributed by atoms with van der Waals surface area (Å²) >= 11 is 0. The number of phenolic OH excluding ortho intramolecular Hbond substituents is 1. The number of aromatic nitrogens is 1. The molecule has 0 bridgehead atoms. The molecule has 0 spiro atoms. The summed E-state index contributed by atoms with van der Waals surface area (Å²) in [5, 5.41) is 20.0. The van der Waals surface area contributed by atoms with Crippen LogP contribution in [0.1, 0.15) is 10.4 Å². The summed E-state index contributed by atoms with van der Waals surface area (Å²) in [5.74, 6) is -1.14. The van der Waals surface area contributed by atoms with E-state index in [2.05, 4.69) is 4.98 Å². The molecule has 3 rings (SSSR count). The first-order chi connectivity index (χ1) is 8.68. The van der Waals surface area contributed by atoms with Crippen LogP contribution in [0.4, 0.5) is 0 Å². The third kappa shape index (κ3) is 1.39. The van der Waals surface area contributed by atoms with Crippen LogP contribution >= 0.6 is 0 Å². The fourth-order valence-corrected chi connectivity index (χ4v) is 2.15. The molecule has 0 saturated carbocycles. The first kappa shape index (κ1) is 10.5. The molecule has 0 atom stereocenters. The Kier molecular flexibility index (Phi) is 2.16. The standard InChI is InChI=1S/C14H9NO3/c16-11-7-3-6-10-13(11)12(14(17)18)8-4-1-2-5-9(8)15-10/h1-7,16H,(H,17,18). The van der Waals surface area contributed by atoms with Gasteiger partial charge in [-0.05, 0) is 18.2 Å². The lowest BCUT2D eigenvalue weighted by Crippen LogP contribution is -2.01. The Morgan fingerprint density at radius 2 is 1.72 bits per heavy atom. The number of hydrogen-bond acceptors (Lipinski definition) is 3. The van der Waals surface area contributed by atoms with Crippen LogP contribution in [0, 0.1) is 0 Å². The summed E-state index contributed by atoms with van der Waals surface area (Å²) in [6.07, 6.45) is 0. The Morgan fingerprint density at radius 3 is 2.50 bits per heavy atom. The minimum absolute atomic E-state index is 0.0665. The van der Waals surface area contributed by atoms with Gasteiger partial charge in [-0.3, -0.25) is 0 Å². The predicted molar refractivity (Wildman–Crippen MR) is 67.9 cm³/mol. The summed E-state index contributed by atoms with van der Waals surface area (Å²) < 4.78 is 0. The summed E-state index contributed by atoms with van der Waals surface area (Å²) in [5.41, 5.74) is 1.17. The van der Waals surface area contributed by atoms with Gasteiger partial charge in [0.1, 0.15) is 5.75 Å². The molecule has 4 heteroatoms. The van der Waals surface area contributed by atoms with Crippen molar-refractivity contribution >= 4 is 27.8 Å². The summed E-state index contributed by atoms with van der Waals surface area (Å²) in [4.78, 5) is 15.8. The van der Waals surface area contributed by atoms with Crippen molar-refractivity contribution in [3.63, 3.8) is 0 Å². The Balaban J connectivity index is 2.64. The fraction of sp³-hybridized carbons (Fsp3) is 0. The van der Waals surface area contributed by atoms with Gasteiger partial charge in [-0.15, -0.1) is 0 Å². The molecule has 88 valence electrons. The molecule has 0 saturated heterocycles. The number of para-hydroxylation sites is 1. The molecule has 0 aliphatic rings. The van der Waals surface area contributed by atoms with Crippen LogP contribution in [0.2, 0.25) is 0 Å². The van der Waals surface area contributed by atoms with Crippen molar-refractivity contribution in [2.24, 2.45) is 0 Å². The number of benzene rings is 2. The Bertz CT molecular complexity index is 780. The van der Waals surface area contributed by atoms with E-state index in [1.807, 2.05) is 0 Å². The number of phenols is 1. The summed E-state index contributed by atoms with van der Waals surface area (Å²) in [6.45, 7) is 0. The molecule has 1 heterocycles. The second-order valence-corrected chi connectivity index (χ2v) is 3.98. The number of aromatic hydroxyl groups is 1. The van der Waals surface area contributed by atoms with Gasteiger partial charge in [0.15, 0.2) is 0 Å². The van der Waals surface area contributed by atoms with Gasteiger partial charge in [-0.25, -0.2) is 9.78 Å². The van der Waals surface area contributed by atoms with Gasteiger partial charge >= 0.3 is 5.97 Å². The van der Waals surface area contributed by atoms with Gasteiger partial charge in [0.25, 0.3) is 0 Å². The second-order valence-electron chi connectivity index (χ2n) is 3.98. The second kappa shape index (κ2) is 3.70. The van der Waals surface area contributed by atoms with Gasteiger partial charge < -0.3 is 10.2 Å². The van der Waals surface area contributed by atoms with E-state index >= 15 is 0 Å². The van der Waals surface area contributed by atoms with Crippen LogP contribution in [-0.4, -0.2) is 21.2 Å². The van der Waals surface area contributed by atoms with E-state index in [0.717, 1.165) is 0 Å². The number of carbonyl (C=O) groups is 1. The first-order valence-electron chi connectivity index (χ1n) is 5.42. The highest BCUT2D eigenvalue weighted by molar-refractivity contribution is 6.15. The molecule has 0 aliphatic carbocycles. The average molecular weight is 239 g/mol. The lowest BCUT2D eigenvalue weighted by Gasteiger charge is -2.08. The molecule has 4 nitrogen and oxygen atoms in total. The number of aromatic carboxylic acids is 1. The monoisotopic (exact) mass is 239 g/mol. The molecule has 0 unspecified atom stereocenters. The lowest BCUT2D eigenvalue weighted by atomic mass is 10.0. The van der Waals surface area contributed by atoms with Crippen molar-refractivity contribution in [1.82, 2.24) is 4.98 Å². The molecular weight excluding hydrogens is 230 g/mol. The third-order valence-corrected chi connectivity index (χ3v) is 2.90. The third-order valence-electron chi connectivity index (χ3n) is 2.90. The molecule has 3 aromatic rings. The van der Waals surface area contributed by atoms with Crippen LogP contribution < -0.4 is 0 Å². The topological polar surface area (TPSA) is 70.4 Å². The molecule has 0 radical (unpaired) electrons. The van der Waals surface area contributed by atoms with E-state index in [-0.39, 0.29) is 16.7 Å². The number of pyridine rings is 1. The van der Waals surface area contributed by atoms with E-state index in [4.69, 9.17) is 0 Å². The van der Waals surface area contributed by atoms with Crippen LogP contribution in [0.3, 0.4) is 0 Å². The number of hydrogen-bond donors (Lipinski definition) is 2. The van der Waals surface area contributed by atoms with Crippen molar-refractivity contribution in [3.05, 3.63) is 48.0 Å². The fourth-order valence-electron chi connectivity index (χ4n) is 2.15. The first-order valence-corrected chi connectivity index (χ1v) is 5.42. The molecule has 0 aliphatic heterocycles. The zero-order valence-corrected chi connectivity index (χ0v) is 9.29. The minimum atomic E-state index is -1.07. The highest BCUT2D eigenvalue weighted by Gasteiger charge is 2.17. The van der Waals surface area contributed by atoms with Gasteiger partial charge in [0, 0.05) is 5.39 Å². The van der Waals surface area contributed by atoms with E-state index in [1.165, 1.54) is 6.07 Å². The van der Waals surface area contributed by atoms with E-state index in [0.29, 0.717) is 16.4 Å². The van der Waals surface area contributed by atoms with Gasteiger partial charge in [0.05, 0.1) is 22.0 Å². The number of fused-ring (bicyclic) bond motifs is 2. The van der Waals surface area contributed by atoms with Gasteiger partial charge in [-0.2, -0.15) is 0 Å². The van der Waals surface area contributed by atoms with Crippen molar-refractivity contribution in [2.75, 3.05) is 0 Å². The zero-order valence-electron chi connectivity index (χ0n) is 9.29. The maximum absolute atomic E-state index is 11.4. The van der Waals surface area contributed by atoms with E-state index in [1.54, 1.807) is 36.4 Å². The molecular formula is C14H9NO3. The Morgan fingerprint density at radius 1 is 1.00 bits per heavy atom. The van der Waals surface area contributed by atoms with Crippen LogP contribution in [0.25, 0.3) is 21.8 Å². The summed E-state index contributed by atoms with van der Waals surface area (Å²) in [6, 6.07) is 11.8. The minimum Gasteiger partial charge on any atom is -0.507 e. The largest absolute Gasteiger partial charge is 0.507 e. The van der Waals surface area contributed by atoms with Crippen molar-refractivity contribution in [2.45, 2.75) is 0 Å².